The van der Waals surface area contributed by atoms with Crippen molar-refractivity contribution in [1.82, 2.24) is 10.2 Å². The molecule has 0 saturated carbocycles. The van der Waals surface area contributed by atoms with Gasteiger partial charge in [0.2, 0.25) is 5.91 Å². The molecule has 2 unspecified atom stereocenters. The van der Waals surface area contributed by atoms with Gasteiger partial charge in [0.25, 0.3) is 0 Å². The first-order valence-electron chi connectivity index (χ1n) is 6.97. The van der Waals surface area contributed by atoms with Crippen LogP contribution in [0.15, 0.2) is 0 Å². The Bertz CT molecular complexity index is 321. The smallest absolute Gasteiger partial charge is 0.370 e. The summed E-state index contributed by atoms with van der Waals surface area (Å²) in [4.78, 5) is 13.8. The molecule has 2 atom stereocenters. The molecule has 0 bridgehead atoms. The number of rotatable bonds is 7. The minimum Gasteiger partial charge on any atom is -0.370 e. The Morgan fingerprint density at radius 3 is 2.55 bits per heavy atom. The Kier molecular flexibility index (Phi) is 6.26. The van der Waals surface area contributed by atoms with Crippen molar-refractivity contribution >= 4 is 5.91 Å². The number of carbonyl (C=O) groups is 1. The van der Waals surface area contributed by atoms with Crippen molar-refractivity contribution in [2.75, 3.05) is 19.8 Å². The number of hydrogen-bond donors (Lipinski definition) is 1. The lowest BCUT2D eigenvalue weighted by Gasteiger charge is -2.27. The van der Waals surface area contributed by atoms with E-state index in [9.17, 15) is 18.0 Å². The molecule has 0 radical (unpaired) electrons. The molecule has 20 heavy (non-hydrogen) atoms. The molecule has 1 amide bonds. The zero-order valence-electron chi connectivity index (χ0n) is 12.2. The summed E-state index contributed by atoms with van der Waals surface area (Å²) < 4.78 is 40.5. The first-order chi connectivity index (χ1) is 9.26. The first kappa shape index (κ1) is 17.2. The van der Waals surface area contributed by atoms with E-state index in [1.54, 1.807) is 4.90 Å². The van der Waals surface area contributed by atoms with Crippen molar-refractivity contribution in [3.63, 3.8) is 0 Å². The highest BCUT2D eigenvalue weighted by Gasteiger charge is 2.39. The maximum atomic E-state index is 12.2. The van der Waals surface area contributed by atoms with Gasteiger partial charge in [-0.2, -0.15) is 13.2 Å². The summed E-state index contributed by atoms with van der Waals surface area (Å²) in [5.41, 5.74) is 0. The van der Waals surface area contributed by atoms with Gasteiger partial charge >= 0.3 is 6.18 Å². The van der Waals surface area contributed by atoms with E-state index in [0.29, 0.717) is 0 Å². The Labute approximate surface area is 117 Å². The number of hydrogen-bond acceptors (Lipinski definition) is 3. The fourth-order valence-electron chi connectivity index (χ4n) is 2.35. The van der Waals surface area contributed by atoms with Crippen molar-refractivity contribution < 1.29 is 22.7 Å². The summed E-state index contributed by atoms with van der Waals surface area (Å²) in [6.07, 6.45) is -2.84. The number of nitrogens with zero attached hydrogens (tertiary/aromatic N) is 1. The molecular weight excluding hydrogens is 273 g/mol. The van der Waals surface area contributed by atoms with E-state index in [2.05, 4.69) is 10.1 Å². The lowest BCUT2D eigenvalue weighted by molar-refractivity contribution is -0.175. The molecular formula is C13H23F3N2O2. The highest BCUT2D eigenvalue weighted by atomic mass is 19.4. The lowest BCUT2D eigenvalue weighted by Crippen LogP contribution is -2.43. The molecule has 0 aromatic rings. The molecule has 118 valence electrons. The van der Waals surface area contributed by atoms with Gasteiger partial charge in [0, 0.05) is 6.54 Å². The van der Waals surface area contributed by atoms with E-state index >= 15 is 0 Å². The van der Waals surface area contributed by atoms with Gasteiger partial charge in [-0.3, -0.25) is 10.1 Å². The summed E-state index contributed by atoms with van der Waals surface area (Å²) in [6.45, 7) is 4.76. The molecule has 0 aromatic carbocycles. The Hall–Kier alpha value is -0.820. The number of carbonyl (C=O) groups excluding carboxylic acids is 1. The number of amides is 1. The van der Waals surface area contributed by atoms with Crippen LogP contribution >= 0.6 is 0 Å². The Morgan fingerprint density at radius 1 is 1.40 bits per heavy atom. The second-order valence-electron chi connectivity index (χ2n) is 5.40. The zero-order chi connectivity index (χ0) is 15.3. The fourth-order valence-corrected chi connectivity index (χ4v) is 2.35. The van der Waals surface area contributed by atoms with Crippen LogP contribution in [0.3, 0.4) is 0 Å². The standard InChI is InChI=1S/C13H23F3N2O2/c1-4-5-10-12(19)18(11(17-10)9(2)3)6-7-20-8-13(14,15)16/h9-11,17H,4-8H2,1-3H3. The first-order valence-corrected chi connectivity index (χ1v) is 6.97. The van der Waals surface area contributed by atoms with Gasteiger partial charge in [-0.25, -0.2) is 0 Å². The van der Waals surface area contributed by atoms with Crippen molar-refractivity contribution in [1.29, 1.82) is 0 Å². The molecule has 4 nitrogen and oxygen atoms in total. The number of nitrogens with one attached hydrogen (secondary N) is 1. The van der Waals surface area contributed by atoms with Gasteiger partial charge in [-0.05, 0) is 12.3 Å². The van der Waals surface area contributed by atoms with E-state index in [-0.39, 0.29) is 37.2 Å². The Morgan fingerprint density at radius 2 is 2.05 bits per heavy atom. The average molecular weight is 296 g/mol. The van der Waals surface area contributed by atoms with Gasteiger partial charge in [0.15, 0.2) is 0 Å². The summed E-state index contributed by atoms with van der Waals surface area (Å²) in [6, 6.07) is -0.227. The van der Waals surface area contributed by atoms with E-state index in [4.69, 9.17) is 0 Å². The molecule has 1 heterocycles. The largest absolute Gasteiger partial charge is 0.411 e. The second kappa shape index (κ2) is 7.26. The third-order valence-electron chi connectivity index (χ3n) is 3.24. The van der Waals surface area contributed by atoms with Gasteiger partial charge in [0.1, 0.15) is 6.61 Å². The normalized spacial score (nSPS) is 23.9. The molecule has 1 aliphatic rings. The highest BCUT2D eigenvalue weighted by Crippen LogP contribution is 2.20. The highest BCUT2D eigenvalue weighted by molar-refractivity contribution is 5.84. The maximum absolute atomic E-state index is 12.2. The molecule has 1 aliphatic heterocycles. The van der Waals surface area contributed by atoms with Crippen LogP contribution in [0.5, 0.6) is 0 Å². The molecule has 7 heteroatoms. The van der Waals surface area contributed by atoms with Crippen LogP contribution in [0.1, 0.15) is 33.6 Å². The van der Waals surface area contributed by atoms with Gasteiger partial charge < -0.3 is 9.64 Å². The summed E-state index contributed by atoms with van der Waals surface area (Å²) in [5.74, 6) is 0.157. The van der Waals surface area contributed by atoms with E-state index in [1.165, 1.54) is 0 Å². The van der Waals surface area contributed by atoms with Gasteiger partial charge in [-0.1, -0.05) is 27.2 Å². The minimum atomic E-state index is -4.32. The van der Waals surface area contributed by atoms with Crippen molar-refractivity contribution in [2.45, 2.75) is 52.0 Å². The molecule has 0 aromatic heterocycles. The average Bonchev–Trinajstić information content (AvgIpc) is 2.62. The van der Waals surface area contributed by atoms with Crippen molar-refractivity contribution in [3.8, 4) is 0 Å². The van der Waals surface area contributed by atoms with Crippen molar-refractivity contribution in [3.05, 3.63) is 0 Å². The van der Waals surface area contributed by atoms with Gasteiger partial charge in [0.05, 0.1) is 18.8 Å². The third kappa shape index (κ3) is 4.94. The number of ether oxygens (including phenoxy) is 1. The van der Waals surface area contributed by atoms with Crippen LogP contribution in [-0.4, -0.2) is 48.9 Å². The molecule has 1 saturated heterocycles. The van der Waals surface area contributed by atoms with Crippen molar-refractivity contribution in [2.24, 2.45) is 5.92 Å². The Balaban J connectivity index is 2.50. The molecule has 0 spiro atoms. The SMILES string of the molecule is CCCC1NC(C(C)C)N(CCOCC(F)(F)F)C1=O. The fraction of sp³-hybridized carbons (Fsp3) is 0.923. The zero-order valence-corrected chi connectivity index (χ0v) is 12.2. The predicted molar refractivity (Wildman–Crippen MR) is 69.0 cm³/mol. The predicted octanol–water partition coefficient (Wildman–Crippen LogP) is 2.15. The second-order valence-corrected chi connectivity index (χ2v) is 5.40. The third-order valence-corrected chi connectivity index (χ3v) is 3.24. The topological polar surface area (TPSA) is 41.6 Å². The monoisotopic (exact) mass is 296 g/mol. The molecule has 1 N–H and O–H groups in total. The van der Waals surface area contributed by atoms with Crippen LogP contribution < -0.4 is 5.32 Å². The summed E-state index contributed by atoms with van der Waals surface area (Å²) in [5, 5.41) is 3.25. The van der Waals surface area contributed by atoms with E-state index in [1.807, 2.05) is 20.8 Å². The summed E-state index contributed by atoms with van der Waals surface area (Å²) in [7, 11) is 0. The van der Waals surface area contributed by atoms with Crippen LogP contribution in [0.2, 0.25) is 0 Å². The maximum Gasteiger partial charge on any atom is 0.411 e. The summed E-state index contributed by atoms with van der Waals surface area (Å²) >= 11 is 0. The molecule has 1 rings (SSSR count). The molecule has 1 fully saturated rings. The van der Waals surface area contributed by atoms with Crippen LogP contribution in [0.25, 0.3) is 0 Å². The number of alkyl halides is 3. The van der Waals surface area contributed by atoms with Crippen LogP contribution in [0.4, 0.5) is 13.2 Å². The molecule has 0 aliphatic carbocycles. The number of halogens is 3. The van der Waals surface area contributed by atoms with E-state index in [0.717, 1.165) is 12.8 Å². The quantitative estimate of drug-likeness (QED) is 0.732. The van der Waals surface area contributed by atoms with Crippen LogP contribution in [0, 0.1) is 5.92 Å². The minimum absolute atomic E-state index is 0.0406. The van der Waals surface area contributed by atoms with Crippen LogP contribution in [-0.2, 0) is 9.53 Å². The van der Waals surface area contributed by atoms with Gasteiger partial charge in [-0.15, -0.1) is 0 Å². The lowest BCUT2D eigenvalue weighted by atomic mass is 10.1. The van der Waals surface area contributed by atoms with E-state index < -0.39 is 12.8 Å².